The summed E-state index contributed by atoms with van der Waals surface area (Å²) in [7, 11) is -6.36. The number of carbonyl (C=O) groups is 3. The Morgan fingerprint density at radius 3 is 1.86 bits per heavy atom. The quantitative estimate of drug-likeness (QED) is 0.0503. The van der Waals surface area contributed by atoms with Crippen molar-refractivity contribution in [2.24, 2.45) is 0 Å². The Morgan fingerprint density at radius 1 is 0.786 bits per heavy atom. The molecule has 0 radical (unpaired) electrons. The molecule has 0 saturated carbocycles. The molecule has 222 valence electrons. The topological polar surface area (TPSA) is 159 Å². The van der Waals surface area contributed by atoms with Crippen LogP contribution in [0.1, 0.15) is 21.5 Å². The van der Waals surface area contributed by atoms with Gasteiger partial charge in [0.25, 0.3) is 0 Å². The first-order valence-corrected chi connectivity index (χ1v) is 16.0. The number of rotatable bonds is 12. The van der Waals surface area contributed by atoms with Crippen LogP contribution in [0.15, 0.2) is 84.9 Å². The number of ether oxygens (including phenoxy) is 3. The van der Waals surface area contributed by atoms with E-state index in [1.54, 1.807) is 60.7 Å². The molecule has 0 aromatic heterocycles. The molecule has 3 aromatic rings. The fourth-order valence-electron chi connectivity index (χ4n) is 2.97. The monoisotopic (exact) mass is 720 g/mol. The molecule has 42 heavy (non-hydrogen) atoms. The van der Waals surface area contributed by atoms with E-state index in [1.807, 2.05) is 0 Å². The van der Waals surface area contributed by atoms with Crippen molar-refractivity contribution in [2.45, 2.75) is 18.7 Å². The predicted molar refractivity (Wildman–Crippen MR) is 147 cm³/mol. The molecule has 3 rings (SSSR count). The number of nitrogens with zero attached hydrogens (tertiary/aromatic N) is 2. The second kappa shape index (κ2) is 14.7. The van der Waals surface area contributed by atoms with E-state index in [-0.39, 0.29) is 6.61 Å². The van der Waals surface area contributed by atoms with Crippen molar-refractivity contribution in [3.05, 3.63) is 111 Å². The van der Waals surface area contributed by atoms with Crippen LogP contribution in [0.3, 0.4) is 0 Å². The molecule has 16 heteroatoms. The standard InChI is InChI=1S/C26H20F3IN2O9S/c27-26(28,29)42(36,37)41-30(23(32-31)25(35)39-16-19-11-5-2-6-12-19)21-14-8-7-13-20(21)24(34)40-17-22(33)38-15-18-9-3-1-4-10-18/h1-14H,15-17H2. The fourth-order valence-corrected chi connectivity index (χ4v) is 9.22. The molecular formula is C26H20F3IN2O9S. The third-order valence-corrected chi connectivity index (χ3v) is 11.8. The number of benzene rings is 3. The summed E-state index contributed by atoms with van der Waals surface area (Å²) in [6.07, 6.45) is 0. The molecule has 0 atom stereocenters. The van der Waals surface area contributed by atoms with Gasteiger partial charge in [0.1, 0.15) is 0 Å². The molecule has 0 saturated heterocycles. The van der Waals surface area contributed by atoms with Crippen molar-refractivity contribution < 1.29 is 57.5 Å². The van der Waals surface area contributed by atoms with Gasteiger partial charge in [-0.05, 0) is 0 Å². The van der Waals surface area contributed by atoms with Gasteiger partial charge in [-0.2, -0.15) is 0 Å². The molecule has 3 aromatic carbocycles. The fraction of sp³-hybridized carbons (Fsp3) is 0.154. The first kappa shape index (κ1) is 32.4. The Morgan fingerprint density at radius 2 is 1.31 bits per heavy atom. The van der Waals surface area contributed by atoms with E-state index in [0.717, 1.165) is 12.1 Å². The van der Waals surface area contributed by atoms with Crippen molar-refractivity contribution in [3.63, 3.8) is 0 Å². The van der Waals surface area contributed by atoms with E-state index < -0.39 is 79.8 Å². The zero-order valence-electron chi connectivity index (χ0n) is 21.2. The van der Waals surface area contributed by atoms with Crippen LogP contribution < -0.4 is 0 Å². The van der Waals surface area contributed by atoms with Crippen LogP contribution in [-0.4, -0.2) is 46.9 Å². The van der Waals surface area contributed by atoms with Gasteiger partial charge in [0.05, 0.1) is 0 Å². The van der Waals surface area contributed by atoms with Crippen LogP contribution in [0, 0.1) is 3.57 Å². The molecule has 0 fully saturated rings. The Labute approximate surface area is 244 Å². The van der Waals surface area contributed by atoms with Crippen molar-refractivity contribution in [3.8, 4) is 0 Å². The average Bonchev–Trinajstić information content (AvgIpc) is 2.98. The average molecular weight is 720 g/mol. The van der Waals surface area contributed by atoms with Gasteiger partial charge < -0.3 is 0 Å². The number of alkyl halides is 3. The Kier molecular flexibility index (Phi) is 11.3. The second-order valence-corrected chi connectivity index (χ2v) is 14.0. The van der Waals surface area contributed by atoms with E-state index in [4.69, 9.17) is 14.2 Å². The molecule has 0 spiro atoms. The maximum atomic E-state index is 13.3. The summed E-state index contributed by atoms with van der Waals surface area (Å²) in [6.45, 7) is -1.45. The maximum absolute atomic E-state index is 13.3. The van der Waals surface area contributed by atoms with Gasteiger partial charge in [-0.15, -0.1) is 0 Å². The van der Waals surface area contributed by atoms with Crippen LogP contribution in [0.2, 0.25) is 0 Å². The minimum absolute atomic E-state index is 0.131. The minimum atomic E-state index is -6.36. The molecule has 0 heterocycles. The molecule has 0 aliphatic carbocycles. The normalized spacial score (nSPS) is 11.5. The van der Waals surface area contributed by atoms with Gasteiger partial charge in [0, 0.05) is 0 Å². The summed E-state index contributed by atoms with van der Waals surface area (Å²) in [5, 5.41) is 0. The Balaban J connectivity index is 1.86. The van der Waals surface area contributed by atoms with Crippen molar-refractivity contribution in [2.75, 3.05) is 6.61 Å². The molecule has 0 aliphatic heterocycles. The van der Waals surface area contributed by atoms with E-state index in [2.05, 4.69) is 7.30 Å². The Hall–Kier alpha value is -4.12. The van der Waals surface area contributed by atoms with E-state index in [9.17, 15) is 41.5 Å². The first-order valence-electron chi connectivity index (χ1n) is 11.5. The summed E-state index contributed by atoms with van der Waals surface area (Å²) in [4.78, 5) is 40.4. The summed E-state index contributed by atoms with van der Waals surface area (Å²) in [6, 6.07) is 21.0. The summed E-state index contributed by atoms with van der Waals surface area (Å²) >= 11 is -4.76. The molecule has 0 bridgehead atoms. The molecular weight excluding hydrogens is 700 g/mol. The number of halogens is 4. The summed E-state index contributed by atoms with van der Waals surface area (Å²) in [5.41, 5.74) is 4.21. The van der Waals surface area contributed by atoms with Gasteiger partial charge in [-0.25, -0.2) is 0 Å². The SMILES string of the molecule is [N-]=[N+]=C(C(=O)OCc1ccccc1)I(OS(=O)(=O)C(F)(F)F)c1ccccc1C(=O)OCC(=O)OCc1ccccc1. The van der Waals surface area contributed by atoms with Crippen LogP contribution in [-0.2, 0) is 49.6 Å². The van der Waals surface area contributed by atoms with Crippen LogP contribution >= 0.6 is 20.2 Å². The third-order valence-electron chi connectivity index (χ3n) is 4.90. The molecule has 11 nitrogen and oxygen atoms in total. The van der Waals surface area contributed by atoms with E-state index in [0.29, 0.717) is 11.1 Å². The molecule has 0 N–H and O–H groups in total. The Bertz CT molecular complexity index is 1580. The zero-order valence-corrected chi connectivity index (χ0v) is 24.2. The van der Waals surface area contributed by atoms with E-state index in [1.165, 1.54) is 12.1 Å². The third kappa shape index (κ3) is 8.94. The van der Waals surface area contributed by atoms with Gasteiger partial charge in [-0.1, -0.05) is 0 Å². The van der Waals surface area contributed by atoms with Crippen molar-refractivity contribution >= 4 is 52.0 Å². The predicted octanol–water partition coefficient (Wildman–Crippen LogP) is 4.42. The first-order chi connectivity index (χ1) is 19.9. The molecule has 0 amide bonds. The van der Waals surface area contributed by atoms with Gasteiger partial charge in [0.15, 0.2) is 0 Å². The van der Waals surface area contributed by atoms with Crippen LogP contribution in [0.4, 0.5) is 13.2 Å². The van der Waals surface area contributed by atoms with E-state index >= 15 is 0 Å². The number of carbonyl (C=O) groups excluding carboxylic acids is 3. The number of hydrogen-bond acceptors (Lipinski definition) is 9. The van der Waals surface area contributed by atoms with Crippen molar-refractivity contribution in [1.29, 1.82) is 0 Å². The van der Waals surface area contributed by atoms with Gasteiger partial charge in [-0.3, -0.25) is 0 Å². The number of hydrogen-bond donors (Lipinski definition) is 0. The van der Waals surface area contributed by atoms with Gasteiger partial charge >= 0.3 is 246 Å². The zero-order chi connectivity index (χ0) is 30.8. The molecule has 0 aliphatic rings. The van der Waals surface area contributed by atoms with Crippen molar-refractivity contribution in [1.82, 2.24) is 0 Å². The second-order valence-electron chi connectivity index (χ2n) is 7.87. The number of esters is 3. The van der Waals surface area contributed by atoms with Crippen LogP contribution in [0.25, 0.3) is 5.53 Å². The van der Waals surface area contributed by atoms with Crippen LogP contribution in [0.5, 0.6) is 0 Å². The summed E-state index contributed by atoms with van der Waals surface area (Å²) in [5.74, 6) is -3.73. The molecule has 0 unspecified atom stereocenters. The summed E-state index contributed by atoms with van der Waals surface area (Å²) < 4.78 is 81.4. The van der Waals surface area contributed by atoms with Gasteiger partial charge in [0.2, 0.25) is 0 Å².